The van der Waals surface area contributed by atoms with Crippen LogP contribution in [0.1, 0.15) is 37.7 Å². The molecule has 0 bridgehead atoms. The number of rotatable bonds is 6. The Hall–Kier alpha value is -0.210. The van der Waals surface area contributed by atoms with E-state index in [0.717, 1.165) is 29.4 Å². The highest BCUT2D eigenvalue weighted by molar-refractivity contribution is 5.21. The van der Waals surface area contributed by atoms with Gasteiger partial charge in [-0.05, 0) is 12.8 Å². The minimum atomic E-state index is -0.751. The maximum Gasteiger partial charge on any atom is 0.219 e. The number of halogens is 1. The van der Waals surface area contributed by atoms with Crippen molar-refractivity contribution in [3.63, 3.8) is 0 Å². The van der Waals surface area contributed by atoms with Gasteiger partial charge < -0.3 is 42.7 Å². The van der Waals surface area contributed by atoms with Crippen molar-refractivity contribution < 1.29 is 42.7 Å². The summed E-state index contributed by atoms with van der Waals surface area (Å²) in [5.41, 5.74) is 1.06. The lowest BCUT2D eigenvalue weighted by Gasteiger charge is -2.32. The zero-order valence-corrected chi connectivity index (χ0v) is 17.9. The Morgan fingerprint density at radius 3 is 2.40 bits per heavy atom. The molecular formula is C20H32INO3. The molecule has 1 aliphatic carbocycles. The van der Waals surface area contributed by atoms with Crippen LogP contribution in [-0.4, -0.2) is 57.6 Å². The van der Waals surface area contributed by atoms with Gasteiger partial charge in [-0.1, -0.05) is 49.6 Å². The molecule has 0 spiro atoms. The van der Waals surface area contributed by atoms with E-state index in [-0.39, 0.29) is 30.1 Å². The molecule has 1 aromatic carbocycles. The van der Waals surface area contributed by atoms with Crippen molar-refractivity contribution in [3.05, 3.63) is 35.9 Å². The molecule has 3 rings (SSSR count). The first-order chi connectivity index (χ1) is 11.5. The molecule has 0 aromatic heterocycles. The topological polar surface area (TPSA) is 27.7 Å². The number of hydrogen-bond acceptors (Lipinski definition) is 3. The molecule has 0 N–H and O–H groups in total. The summed E-state index contributed by atoms with van der Waals surface area (Å²) in [6.45, 7) is 2.03. The second-order valence-corrected chi connectivity index (χ2v) is 8.21. The van der Waals surface area contributed by atoms with Gasteiger partial charge in [-0.25, -0.2) is 0 Å². The number of benzene rings is 1. The Bertz CT molecular complexity index is 513. The molecule has 1 heterocycles. The maximum absolute atomic E-state index is 6.44. The van der Waals surface area contributed by atoms with E-state index in [9.17, 15) is 0 Å². The van der Waals surface area contributed by atoms with Crippen LogP contribution in [0.5, 0.6) is 0 Å². The van der Waals surface area contributed by atoms with Crippen LogP contribution >= 0.6 is 0 Å². The van der Waals surface area contributed by atoms with E-state index in [0.29, 0.717) is 19.3 Å². The quantitative estimate of drug-likeness (QED) is 0.451. The lowest BCUT2D eigenvalue weighted by atomic mass is 9.97. The fourth-order valence-electron chi connectivity index (χ4n) is 3.73. The lowest BCUT2D eigenvalue weighted by molar-refractivity contribution is -0.873. The molecule has 0 amide bonds. The molecule has 1 aromatic rings. The largest absolute Gasteiger partial charge is 1.00 e. The smallest absolute Gasteiger partial charge is 0.219 e. The predicted molar refractivity (Wildman–Crippen MR) is 94.7 cm³/mol. The van der Waals surface area contributed by atoms with E-state index < -0.39 is 5.79 Å². The monoisotopic (exact) mass is 461 g/mol. The van der Waals surface area contributed by atoms with Crippen molar-refractivity contribution in [2.24, 2.45) is 0 Å². The second-order valence-electron chi connectivity index (χ2n) is 8.21. The summed E-state index contributed by atoms with van der Waals surface area (Å²) in [6, 6.07) is 10.3. The van der Waals surface area contributed by atoms with Crippen molar-refractivity contribution >= 4 is 0 Å². The zero-order chi connectivity index (χ0) is 17.0. The van der Waals surface area contributed by atoms with Gasteiger partial charge in [-0.2, -0.15) is 0 Å². The number of hydrogen-bond donors (Lipinski definition) is 0. The molecular weight excluding hydrogens is 429 g/mol. The minimum absolute atomic E-state index is 0. The second kappa shape index (κ2) is 9.13. The third kappa shape index (κ3) is 5.89. The fraction of sp³-hybridized carbons (Fsp3) is 0.700. The van der Waals surface area contributed by atoms with Gasteiger partial charge in [0.25, 0.3) is 0 Å². The Kier molecular flexibility index (Phi) is 7.70. The maximum atomic E-state index is 6.44. The number of nitrogens with zero attached hydrogens (tertiary/aromatic N) is 1. The molecule has 142 valence electrons. The van der Waals surface area contributed by atoms with Crippen LogP contribution in [-0.2, 0) is 20.0 Å². The molecule has 25 heavy (non-hydrogen) atoms. The van der Waals surface area contributed by atoms with Crippen molar-refractivity contribution in [1.29, 1.82) is 0 Å². The first kappa shape index (κ1) is 21.1. The Morgan fingerprint density at radius 1 is 1.08 bits per heavy atom. The van der Waals surface area contributed by atoms with Gasteiger partial charge in [0.1, 0.15) is 19.3 Å². The standard InChI is InChI=1S/C20H32NO3.HI/c1-21(2,3)14-19-15-23-20(24-19,17-10-6-4-7-11-17)16-22-18-12-8-5-9-13-18;/h4,6-7,10-11,18-19H,5,8-9,12-16H2,1-3H3;1H/q+1;/p-1. The molecule has 2 aliphatic rings. The lowest BCUT2D eigenvalue weighted by Crippen LogP contribution is -3.00. The average molecular weight is 461 g/mol. The van der Waals surface area contributed by atoms with E-state index in [1.165, 1.54) is 19.3 Å². The van der Waals surface area contributed by atoms with Gasteiger partial charge in [0.2, 0.25) is 5.79 Å². The molecule has 2 atom stereocenters. The summed E-state index contributed by atoms with van der Waals surface area (Å²) in [5.74, 6) is -0.751. The Labute approximate surface area is 169 Å². The van der Waals surface area contributed by atoms with E-state index in [1.54, 1.807) is 0 Å². The van der Waals surface area contributed by atoms with Crippen LogP contribution in [0.3, 0.4) is 0 Å². The van der Waals surface area contributed by atoms with Crippen LogP contribution in [0.4, 0.5) is 0 Å². The predicted octanol–water partition coefficient (Wildman–Crippen LogP) is 0.314. The number of ether oxygens (including phenoxy) is 3. The minimum Gasteiger partial charge on any atom is -1.00 e. The third-order valence-corrected chi connectivity index (χ3v) is 4.89. The average Bonchev–Trinajstić information content (AvgIpc) is 2.97. The molecule has 1 saturated heterocycles. The van der Waals surface area contributed by atoms with Gasteiger partial charge in [-0.3, -0.25) is 0 Å². The SMILES string of the molecule is C[N+](C)(C)CC1COC(COC2CCCCC2)(c2ccccc2)O1.[I-]. The van der Waals surface area contributed by atoms with Crippen LogP contribution in [0.15, 0.2) is 30.3 Å². The molecule has 4 nitrogen and oxygen atoms in total. The van der Waals surface area contributed by atoms with Crippen molar-refractivity contribution in [1.82, 2.24) is 0 Å². The summed E-state index contributed by atoms with van der Waals surface area (Å²) in [4.78, 5) is 0. The van der Waals surface area contributed by atoms with Crippen LogP contribution in [0.25, 0.3) is 0 Å². The zero-order valence-electron chi connectivity index (χ0n) is 15.7. The van der Waals surface area contributed by atoms with Crippen LogP contribution in [0.2, 0.25) is 0 Å². The molecule has 2 fully saturated rings. The van der Waals surface area contributed by atoms with Crippen molar-refractivity contribution in [2.45, 2.75) is 50.1 Å². The number of likely N-dealkylation sites (N-methyl/N-ethyl adjacent to an activating group) is 1. The summed E-state index contributed by atoms with van der Waals surface area (Å²) in [5, 5.41) is 0. The van der Waals surface area contributed by atoms with Gasteiger partial charge in [-0.15, -0.1) is 0 Å². The van der Waals surface area contributed by atoms with Crippen LogP contribution in [0, 0.1) is 0 Å². The highest BCUT2D eigenvalue weighted by Crippen LogP contribution is 2.36. The first-order valence-electron chi connectivity index (χ1n) is 9.26. The normalized spacial score (nSPS) is 27.9. The molecule has 0 radical (unpaired) electrons. The molecule has 1 aliphatic heterocycles. The van der Waals surface area contributed by atoms with Gasteiger partial charge >= 0.3 is 0 Å². The summed E-state index contributed by atoms with van der Waals surface area (Å²) in [7, 11) is 6.55. The van der Waals surface area contributed by atoms with Crippen molar-refractivity contribution in [2.75, 3.05) is 40.9 Å². The van der Waals surface area contributed by atoms with Gasteiger partial charge in [0.15, 0.2) is 0 Å². The van der Waals surface area contributed by atoms with Crippen LogP contribution < -0.4 is 24.0 Å². The van der Waals surface area contributed by atoms with E-state index in [1.807, 2.05) is 18.2 Å². The molecule has 1 saturated carbocycles. The highest BCUT2D eigenvalue weighted by atomic mass is 127. The van der Waals surface area contributed by atoms with E-state index in [2.05, 4.69) is 33.3 Å². The Morgan fingerprint density at radius 2 is 1.76 bits per heavy atom. The number of quaternary nitrogens is 1. The first-order valence-corrected chi connectivity index (χ1v) is 9.26. The molecule has 5 heteroatoms. The van der Waals surface area contributed by atoms with Gasteiger partial charge in [0.05, 0.1) is 33.9 Å². The summed E-state index contributed by atoms with van der Waals surface area (Å²) < 4.78 is 19.8. The summed E-state index contributed by atoms with van der Waals surface area (Å²) >= 11 is 0. The van der Waals surface area contributed by atoms with E-state index in [4.69, 9.17) is 14.2 Å². The molecule has 2 unspecified atom stereocenters. The third-order valence-electron chi connectivity index (χ3n) is 4.89. The van der Waals surface area contributed by atoms with Crippen molar-refractivity contribution in [3.8, 4) is 0 Å². The fourth-order valence-corrected chi connectivity index (χ4v) is 3.73. The van der Waals surface area contributed by atoms with E-state index >= 15 is 0 Å². The highest BCUT2D eigenvalue weighted by Gasteiger charge is 2.45. The van der Waals surface area contributed by atoms with Gasteiger partial charge in [0, 0.05) is 5.56 Å². The Balaban J connectivity index is 0.00000225. The summed E-state index contributed by atoms with van der Waals surface area (Å²) in [6.07, 6.45) is 6.65.